The van der Waals surface area contributed by atoms with Crippen molar-refractivity contribution in [3.63, 3.8) is 0 Å². The fraction of sp³-hybridized carbons (Fsp3) is 0.462. The number of hydrogen-bond acceptors (Lipinski definition) is 4. The minimum Gasteiger partial charge on any atom is -0.350 e. The lowest BCUT2D eigenvalue weighted by molar-refractivity contribution is 0.0949. The van der Waals surface area contributed by atoms with E-state index in [9.17, 15) is 4.79 Å². The molecule has 0 spiro atoms. The minimum atomic E-state index is -0.107. The molecule has 0 saturated carbocycles. The van der Waals surface area contributed by atoms with Gasteiger partial charge in [0.25, 0.3) is 5.91 Å². The number of amides is 1. The Kier molecular flexibility index (Phi) is 3.33. The van der Waals surface area contributed by atoms with Crippen LogP contribution in [0.15, 0.2) is 6.20 Å². The first-order valence-corrected chi connectivity index (χ1v) is 7.31. The van der Waals surface area contributed by atoms with Crippen LogP contribution in [-0.2, 0) is 19.3 Å². The van der Waals surface area contributed by atoms with Crippen molar-refractivity contribution in [3.05, 3.63) is 33.3 Å². The van der Waals surface area contributed by atoms with Gasteiger partial charge in [0, 0.05) is 17.8 Å². The smallest absolute Gasteiger partial charge is 0.269 e. The summed E-state index contributed by atoms with van der Waals surface area (Å²) in [7, 11) is 0. The summed E-state index contributed by atoms with van der Waals surface area (Å²) in [6.07, 6.45) is 5.89. The van der Waals surface area contributed by atoms with Gasteiger partial charge in [-0.05, 0) is 26.2 Å². The molecule has 100 valence electrons. The number of imidazole rings is 1. The largest absolute Gasteiger partial charge is 0.350 e. The Morgan fingerprint density at radius 2 is 2.42 bits per heavy atom. The maximum absolute atomic E-state index is 11.8. The molecule has 0 unspecified atom stereocenters. The molecule has 0 radical (unpaired) electrons. The molecule has 3 rings (SSSR count). The first-order valence-electron chi connectivity index (χ1n) is 6.49. The second-order valence-electron chi connectivity index (χ2n) is 4.72. The Labute approximate surface area is 115 Å². The molecule has 6 heteroatoms. The molecule has 2 N–H and O–H groups in total. The zero-order chi connectivity index (χ0) is 13.2. The van der Waals surface area contributed by atoms with E-state index in [4.69, 9.17) is 0 Å². The molecule has 5 nitrogen and oxygen atoms in total. The van der Waals surface area contributed by atoms with Crippen LogP contribution in [0.4, 0.5) is 0 Å². The van der Waals surface area contributed by atoms with Crippen molar-refractivity contribution in [1.82, 2.24) is 20.3 Å². The average Bonchev–Trinajstić information content (AvgIpc) is 3.03. The molecule has 0 atom stereocenters. The van der Waals surface area contributed by atoms with E-state index in [1.54, 1.807) is 17.5 Å². The number of aryl methyl sites for hydroxylation is 3. The number of H-pyrrole nitrogens is 1. The summed E-state index contributed by atoms with van der Waals surface area (Å²) >= 11 is 1.79. The number of hydrogen-bond donors (Lipinski definition) is 2. The van der Waals surface area contributed by atoms with Gasteiger partial charge in [0.15, 0.2) is 0 Å². The number of rotatable bonds is 4. The molecule has 1 aliphatic carbocycles. The summed E-state index contributed by atoms with van der Waals surface area (Å²) in [4.78, 5) is 24.8. The normalized spacial score (nSPS) is 13.5. The van der Waals surface area contributed by atoms with Crippen LogP contribution in [0.1, 0.15) is 38.3 Å². The van der Waals surface area contributed by atoms with Crippen molar-refractivity contribution < 1.29 is 4.79 Å². The van der Waals surface area contributed by atoms with Gasteiger partial charge in [-0.1, -0.05) is 0 Å². The van der Waals surface area contributed by atoms with Crippen LogP contribution in [0.3, 0.4) is 0 Å². The Hall–Kier alpha value is -1.69. The first-order chi connectivity index (χ1) is 9.22. The Bertz CT molecular complexity index is 580. The highest BCUT2D eigenvalue weighted by Crippen LogP contribution is 2.27. The molecule has 0 aliphatic heterocycles. The van der Waals surface area contributed by atoms with Crippen molar-refractivity contribution in [2.75, 3.05) is 6.54 Å². The number of aromatic amines is 1. The van der Waals surface area contributed by atoms with Gasteiger partial charge in [0.2, 0.25) is 0 Å². The van der Waals surface area contributed by atoms with Gasteiger partial charge >= 0.3 is 0 Å². The number of carbonyl (C=O) groups is 1. The maximum Gasteiger partial charge on any atom is 0.269 e. The van der Waals surface area contributed by atoms with Crippen LogP contribution >= 0.6 is 11.3 Å². The highest BCUT2D eigenvalue weighted by atomic mass is 32.1. The third-order valence-corrected chi connectivity index (χ3v) is 4.43. The number of nitrogens with one attached hydrogen (secondary N) is 2. The molecule has 2 heterocycles. The summed E-state index contributed by atoms with van der Waals surface area (Å²) in [5.41, 5.74) is 1.79. The Morgan fingerprint density at radius 1 is 1.53 bits per heavy atom. The summed E-state index contributed by atoms with van der Waals surface area (Å²) in [6.45, 7) is 2.44. The number of carbonyl (C=O) groups excluding carboxylic acids is 1. The molecule has 1 aliphatic rings. The van der Waals surface area contributed by atoms with E-state index in [0.29, 0.717) is 12.2 Å². The van der Waals surface area contributed by atoms with E-state index >= 15 is 0 Å². The van der Waals surface area contributed by atoms with Crippen molar-refractivity contribution >= 4 is 17.2 Å². The van der Waals surface area contributed by atoms with Crippen molar-refractivity contribution in [2.24, 2.45) is 0 Å². The molecular weight excluding hydrogens is 260 g/mol. The van der Waals surface area contributed by atoms with Crippen LogP contribution in [0.2, 0.25) is 0 Å². The fourth-order valence-corrected chi connectivity index (χ4v) is 3.42. The SMILES string of the molecule is Cc1ncc(C(=O)NCCc2nc3c(s2)CCC3)[nH]1. The van der Waals surface area contributed by atoms with Crippen molar-refractivity contribution in [2.45, 2.75) is 32.6 Å². The topological polar surface area (TPSA) is 70.7 Å². The quantitative estimate of drug-likeness (QED) is 0.891. The molecule has 0 bridgehead atoms. The molecule has 0 fully saturated rings. The van der Waals surface area contributed by atoms with Gasteiger partial charge in [-0.25, -0.2) is 9.97 Å². The van der Waals surface area contributed by atoms with Gasteiger partial charge < -0.3 is 10.3 Å². The highest BCUT2D eigenvalue weighted by Gasteiger charge is 2.16. The van der Waals surface area contributed by atoms with E-state index in [-0.39, 0.29) is 5.91 Å². The lowest BCUT2D eigenvalue weighted by Crippen LogP contribution is -2.26. The zero-order valence-electron chi connectivity index (χ0n) is 10.8. The molecule has 1 amide bonds. The summed E-state index contributed by atoms with van der Waals surface area (Å²) in [5.74, 6) is 0.645. The van der Waals surface area contributed by atoms with E-state index in [1.807, 2.05) is 6.92 Å². The third-order valence-electron chi connectivity index (χ3n) is 3.21. The highest BCUT2D eigenvalue weighted by molar-refractivity contribution is 7.11. The van der Waals surface area contributed by atoms with Crippen molar-refractivity contribution in [1.29, 1.82) is 0 Å². The van der Waals surface area contributed by atoms with Crippen LogP contribution < -0.4 is 5.32 Å². The summed E-state index contributed by atoms with van der Waals surface area (Å²) < 4.78 is 0. The lowest BCUT2D eigenvalue weighted by Gasteiger charge is -2.01. The second-order valence-corrected chi connectivity index (χ2v) is 5.89. The number of nitrogens with zero attached hydrogens (tertiary/aromatic N) is 2. The predicted octanol–water partition coefficient (Wildman–Crippen LogP) is 1.64. The Morgan fingerprint density at radius 3 is 3.16 bits per heavy atom. The van der Waals surface area contributed by atoms with Gasteiger partial charge in [-0.3, -0.25) is 4.79 Å². The van der Waals surface area contributed by atoms with Crippen LogP contribution in [0.5, 0.6) is 0 Å². The van der Waals surface area contributed by atoms with Gasteiger partial charge in [0.1, 0.15) is 11.5 Å². The molecule has 19 heavy (non-hydrogen) atoms. The number of fused-ring (bicyclic) bond motifs is 1. The average molecular weight is 276 g/mol. The molecular formula is C13H16N4OS. The van der Waals surface area contributed by atoms with E-state index in [1.165, 1.54) is 23.4 Å². The van der Waals surface area contributed by atoms with Crippen LogP contribution in [0, 0.1) is 6.92 Å². The molecule has 0 saturated heterocycles. The molecule has 2 aromatic rings. The number of thiazole rings is 1. The van der Waals surface area contributed by atoms with E-state index < -0.39 is 0 Å². The standard InChI is InChI=1S/C13H16N4OS/c1-8-15-7-10(16-8)13(18)14-6-5-12-17-9-3-2-4-11(9)19-12/h7H,2-6H2,1H3,(H,14,18)(H,15,16). The molecule has 2 aromatic heterocycles. The fourth-order valence-electron chi connectivity index (χ4n) is 2.27. The van der Waals surface area contributed by atoms with E-state index in [0.717, 1.165) is 23.7 Å². The monoisotopic (exact) mass is 276 g/mol. The van der Waals surface area contributed by atoms with Gasteiger partial charge in [-0.15, -0.1) is 11.3 Å². The van der Waals surface area contributed by atoms with Crippen molar-refractivity contribution in [3.8, 4) is 0 Å². The minimum absolute atomic E-state index is 0.107. The maximum atomic E-state index is 11.8. The third kappa shape index (κ3) is 2.68. The Balaban J connectivity index is 1.51. The molecule has 0 aromatic carbocycles. The summed E-state index contributed by atoms with van der Waals surface area (Å²) in [5, 5.41) is 4.01. The van der Waals surface area contributed by atoms with E-state index in [2.05, 4.69) is 20.3 Å². The first kappa shape index (κ1) is 12.3. The zero-order valence-corrected chi connectivity index (χ0v) is 11.6. The van der Waals surface area contributed by atoms with Crippen LogP contribution in [0.25, 0.3) is 0 Å². The number of aromatic nitrogens is 3. The van der Waals surface area contributed by atoms with Gasteiger partial charge in [-0.2, -0.15) is 0 Å². The van der Waals surface area contributed by atoms with Crippen LogP contribution in [-0.4, -0.2) is 27.4 Å². The predicted molar refractivity (Wildman–Crippen MR) is 73.5 cm³/mol. The van der Waals surface area contributed by atoms with Gasteiger partial charge in [0.05, 0.1) is 16.9 Å². The second kappa shape index (κ2) is 5.13. The lowest BCUT2D eigenvalue weighted by atomic mass is 10.3. The summed E-state index contributed by atoms with van der Waals surface area (Å²) in [6, 6.07) is 0.